The Kier molecular flexibility index (Phi) is 3.30. The van der Waals surface area contributed by atoms with Crippen molar-refractivity contribution in [2.24, 2.45) is 5.73 Å². The van der Waals surface area contributed by atoms with Gasteiger partial charge in [0.2, 0.25) is 0 Å². The Balaban J connectivity index is 2.37. The molecule has 0 fully saturated rings. The van der Waals surface area contributed by atoms with Gasteiger partial charge >= 0.3 is 0 Å². The SMILES string of the molecule is N#CCCCn1cnc(CN)c1. The summed E-state index contributed by atoms with van der Waals surface area (Å²) in [6.45, 7) is 1.33. The maximum atomic E-state index is 8.30. The number of imidazole rings is 1. The zero-order chi connectivity index (χ0) is 8.81. The summed E-state index contributed by atoms with van der Waals surface area (Å²) in [6.07, 6.45) is 5.13. The highest BCUT2D eigenvalue weighted by Gasteiger charge is 1.94. The van der Waals surface area contributed by atoms with Crippen LogP contribution in [-0.4, -0.2) is 9.55 Å². The van der Waals surface area contributed by atoms with Gasteiger partial charge in [-0.05, 0) is 6.42 Å². The van der Waals surface area contributed by atoms with Crippen molar-refractivity contribution in [3.63, 3.8) is 0 Å². The zero-order valence-electron chi connectivity index (χ0n) is 6.90. The lowest BCUT2D eigenvalue weighted by Gasteiger charge is -1.96. The summed E-state index contributed by atoms with van der Waals surface area (Å²) in [4.78, 5) is 4.07. The maximum Gasteiger partial charge on any atom is 0.0949 e. The third-order valence-corrected chi connectivity index (χ3v) is 1.60. The lowest BCUT2D eigenvalue weighted by Crippen LogP contribution is -1.96. The summed E-state index contributed by atoms with van der Waals surface area (Å²) < 4.78 is 1.96. The summed E-state index contributed by atoms with van der Waals surface area (Å²) in [7, 11) is 0. The minimum atomic E-state index is 0.477. The summed E-state index contributed by atoms with van der Waals surface area (Å²) in [6, 6.07) is 2.10. The van der Waals surface area contributed by atoms with Crippen LogP contribution in [0.5, 0.6) is 0 Å². The van der Waals surface area contributed by atoms with Gasteiger partial charge in [0.05, 0.1) is 18.1 Å². The third-order valence-electron chi connectivity index (χ3n) is 1.60. The van der Waals surface area contributed by atoms with Crippen molar-refractivity contribution >= 4 is 0 Å². The Labute approximate surface area is 71.6 Å². The number of nitrogens with two attached hydrogens (primary N) is 1. The molecule has 1 aromatic rings. The summed E-state index contributed by atoms with van der Waals surface area (Å²) in [5.74, 6) is 0. The Morgan fingerprint density at radius 3 is 3.08 bits per heavy atom. The van der Waals surface area contributed by atoms with Crippen molar-refractivity contribution in [2.45, 2.75) is 25.9 Å². The number of nitrogens with zero attached hydrogens (tertiary/aromatic N) is 3. The zero-order valence-corrected chi connectivity index (χ0v) is 6.90. The van der Waals surface area contributed by atoms with E-state index in [1.165, 1.54) is 0 Å². The van der Waals surface area contributed by atoms with E-state index in [9.17, 15) is 0 Å². The molecule has 0 unspecified atom stereocenters. The van der Waals surface area contributed by atoms with Crippen LogP contribution in [0.15, 0.2) is 12.5 Å². The van der Waals surface area contributed by atoms with Gasteiger partial charge in [-0.25, -0.2) is 4.98 Å². The molecule has 0 amide bonds. The van der Waals surface area contributed by atoms with Crippen molar-refractivity contribution in [1.29, 1.82) is 5.26 Å². The number of hydrogen-bond acceptors (Lipinski definition) is 3. The topological polar surface area (TPSA) is 67.6 Å². The molecular formula is C8H12N4. The van der Waals surface area contributed by atoms with Crippen LogP contribution >= 0.6 is 0 Å². The number of rotatable bonds is 4. The molecular weight excluding hydrogens is 152 g/mol. The van der Waals surface area contributed by atoms with Crippen LogP contribution in [-0.2, 0) is 13.1 Å². The molecule has 0 saturated carbocycles. The van der Waals surface area contributed by atoms with Crippen LogP contribution in [0.4, 0.5) is 0 Å². The Morgan fingerprint density at radius 1 is 1.67 bits per heavy atom. The molecule has 0 spiro atoms. The van der Waals surface area contributed by atoms with Gasteiger partial charge in [0.25, 0.3) is 0 Å². The summed E-state index contributed by atoms with van der Waals surface area (Å²) in [5.41, 5.74) is 6.29. The van der Waals surface area contributed by atoms with E-state index in [2.05, 4.69) is 11.1 Å². The van der Waals surface area contributed by atoms with E-state index in [0.717, 1.165) is 18.7 Å². The minimum absolute atomic E-state index is 0.477. The smallest absolute Gasteiger partial charge is 0.0949 e. The van der Waals surface area contributed by atoms with Gasteiger partial charge in [-0.15, -0.1) is 0 Å². The second kappa shape index (κ2) is 4.52. The van der Waals surface area contributed by atoms with E-state index in [4.69, 9.17) is 11.0 Å². The summed E-state index contributed by atoms with van der Waals surface area (Å²) >= 11 is 0. The van der Waals surface area contributed by atoms with Gasteiger partial charge in [-0.2, -0.15) is 5.26 Å². The number of aromatic nitrogens is 2. The fraction of sp³-hybridized carbons (Fsp3) is 0.500. The van der Waals surface area contributed by atoms with E-state index in [1.54, 1.807) is 6.33 Å². The quantitative estimate of drug-likeness (QED) is 0.664. The molecule has 2 N–H and O–H groups in total. The molecule has 0 bridgehead atoms. The van der Waals surface area contributed by atoms with Crippen molar-refractivity contribution in [1.82, 2.24) is 9.55 Å². The first-order chi connectivity index (χ1) is 5.86. The predicted octanol–water partition coefficient (Wildman–Crippen LogP) is 0.646. The van der Waals surface area contributed by atoms with Gasteiger partial charge in [0.1, 0.15) is 0 Å². The monoisotopic (exact) mass is 164 g/mol. The van der Waals surface area contributed by atoms with E-state index in [-0.39, 0.29) is 0 Å². The van der Waals surface area contributed by atoms with E-state index in [0.29, 0.717) is 13.0 Å². The van der Waals surface area contributed by atoms with E-state index in [1.807, 2.05) is 10.8 Å². The highest BCUT2D eigenvalue weighted by Crippen LogP contribution is 1.97. The molecule has 1 aromatic heterocycles. The first-order valence-corrected chi connectivity index (χ1v) is 3.94. The average Bonchev–Trinajstić information content (AvgIpc) is 2.53. The molecule has 0 aliphatic carbocycles. The lowest BCUT2D eigenvalue weighted by atomic mass is 10.3. The van der Waals surface area contributed by atoms with Crippen molar-refractivity contribution < 1.29 is 0 Å². The van der Waals surface area contributed by atoms with Crippen LogP contribution < -0.4 is 5.73 Å². The first-order valence-electron chi connectivity index (χ1n) is 3.94. The Bertz CT molecular complexity index is 271. The van der Waals surface area contributed by atoms with Gasteiger partial charge in [0.15, 0.2) is 0 Å². The fourth-order valence-corrected chi connectivity index (χ4v) is 0.975. The van der Waals surface area contributed by atoms with Crippen molar-refractivity contribution in [2.75, 3.05) is 0 Å². The fourth-order valence-electron chi connectivity index (χ4n) is 0.975. The molecule has 1 heterocycles. The van der Waals surface area contributed by atoms with Gasteiger partial charge in [-0.3, -0.25) is 0 Å². The number of nitriles is 1. The molecule has 0 aromatic carbocycles. The normalized spacial score (nSPS) is 9.67. The van der Waals surface area contributed by atoms with Gasteiger partial charge in [0, 0.05) is 25.7 Å². The second-order valence-electron chi connectivity index (χ2n) is 2.57. The molecule has 0 radical (unpaired) electrons. The molecule has 0 atom stereocenters. The lowest BCUT2D eigenvalue weighted by molar-refractivity contribution is 0.652. The second-order valence-corrected chi connectivity index (χ2v) is 2.57. The third kappa shape index (κ3) is 2.36. The van der Waals surface area contributed by atoms with Gasteiger partial charge in [-0.1, -0.05) is 0 Å². The van der Waals surface area contributed by atoms with Crippen LogP contribution in [0.2, 0.25) is 0 Å². The van der Waals surface area contributed by atoms with Crippen molar-refractivity contribution in [3.8, 4) is 6.07 Å². The first kappa shape index (κ1) is 8.75. The molecule has 4 nitrogen and oxygen atoms in total. The minimum Gasteiger partial charge on any atom is -0.337 e. The highest BCUT2D eigenvalue weighted by molar-refractivity contribution is 4.95. The molecule has 4 heteroatoms. The van der Waals surface area contributed by atoms with Crippen LogP contribution in [0.25, 0.3) is 0 Å². The van der Waals surface area contributed by atoms with Crippen LogP contribution in [0.3, 0.4) is 0 Å². The molecule has 64 valence electrons. The van der Waals surface area contributed by atoms with Gasteiger partial charge < -0.3 is 10.3 Å². The average molecular weight is 164 g/mol. The van der Waals surface area contributed by atoms with Crippen LogP contribution in [0.1, 0.15) is 18.5 Å². The number of aryl methyl sites for hydroxylation is 1. The predicted molar refractivity (Wildman–Crippen MR) is 45.0 cm³/mol. The number of hydrogen-bond donors (Lipinski definition) is 1. The largest absolute Gasteiger partial charge is 0.337 e. The Morgan fingerprint density at radius 2 is 2.50 bits per heavy atom. The highest BCUT2D eigenvalue weighted by atomic mass is 15.0. The van der Waals surface area contributed by atoms with E-state index >= 15 is 0 Å². The molecule has 0 aliphatic heterocycles. The molecule has 0 aliphatic rings. The summed E-state index contributed by atoms with van der Waals surface area (Å²) in [5, 5.41) is 8.30. The Hall–Kier alpha value is -1.34. The van der Waals surface area contributed by atoms with Crippen LogP contribution in [0, 0.1) is 11.3 Å². The maximum absolute atomic E-state index is 8.30. The number of unbranched alkanes of at least 4 members (excludes halogenated alkanes) is 1. The van der Waals surface area contributed by atoms with Crippen molar-refractivity contribution in [3.05, 3.63) is 18.2 Å². The molecule has 1 rings (SSSR count). The molecule has 0 saturated heterocycles. The van der Waals surface area contributed by atoms with E-state index < -0.39 is 0 Å². The molecule has 12 heavy (non-hydrogen) atoms. The standard InChI is InChI=1S/C8H12N4/c9-3-1-2-4-12-6-8(5-10)11-7-12/h6-7H,1-2,4-5,10H2.